The zero-order valence-corrected chi connectivity index (χ0v) is 13.1. The average Bonchev–Trinajstić information content (AvgIpc) is 2.26. The Bertz CT molecular complexity index is 423. The van der Waals surface area contributed by atoms with Crippen molar-refractivity contribution in [1.82, 2.24) is 0 Å². The number of hydrogen-bond donors (Lipinski definition) is 1. The summed E-state index contributed by atoms with van der Waals surface area (Å²) in [6.07, 6.45) is 0.0966. The Morgan fingerprint density at radius 2 is 1.22 bits per heavy atom. The molecule has 0 aliphatic rings. The third-order valence-corrected chi connectivity index (χ3v) is 8.97. The van der Waals surface area contributed by atoms with Gasteiger partial charge in [-0.2, -0.15) is 0 Å². The summed E-state index contributed by atoms with van der Waals surface area (Å²) in [6, 6.07) is 0. The van der Waals surface area contributed by atoms with Crippen molar-refractivity contribution in [3.05, 3.63) is 0 Å². The summed E-state index contributed by atoms with van der Waals surface area (Å²) < 4.78 is 45.1. The largest absolute Gasteiger partial charge is 0.481 e. The van der Waals surface area contributed by atoms with Gasteiger partial charge in [0.25, 0.3) is 5.97 Å². The Kier molecular flexibility index (Phi) is 7.75. The summed E-state index contributed by atoms with van der Waals surface area (Å²) in [4.78, 5) is 9.00. The van der Waals surface area contributed by atoms with Crippen LogP contribution in [0.1, 0.15) is 41.0 Å². The van der Waals surface area contributed by atoms with Gasteiger partial charge in [0.2, 0.25) is 0 Å². The summed E-state index contributed by atoms with van der Waals surface area (Å²) >= 11 is 0. The van der Waals surface area contributed by atoms with Crippen molar-refractivity contribution >= 4 is 25.6 Å². The molecule has 0 fully saturated rings. The summed E-state index contributed by atoms with van der Waals surface area (Å²) in [7, 11) is -7.14. The molecule has 0 saturated carbocycles. The van der Waals surface area contributed by atoms with E-state index in [0.29, 0.717) is 0 Å². The van der Waals surface area contributed by atoms with E-state index in [4.69, 9.17) is 9.90 Å². The molecule has 0 amide bonds. The van der Waals surface area contributed by atoms with Gasteiger partial charge in [0, 0.05) is 18.4 Å². The van der Waals surface area contributed by atoms with Crippen molar-refractivity contribution in [3.8, 4) is 0 Å². The second-order valence-corrected chi connectivity index (χ2v) is 9.49. The van der Waals surface area contributed by atoms with Gasteiger partial charge in [-0.1, -0.05) is 20.8 Å². The molecule has 6 nitrogen and oxygen atoms in total. The second-order valence-electron chi connectivity index (χ2n) is 3.81. The molecule has 0 radical (unpaired) electrons. The van der Waals surface area contributed by atoms with E-state index in [1.807, 2.05) is 0 Å². The molecule has 0 aromatic heterocycles. The number of carboxylic acid groups (broad SMARTS) is 1. The van der Waals surface area contributed by atoms with E-state index >= 15 is 0 Å². The third kappa shape index (κ3) is 4.56. The molecule has 0 rings (SSSR count). The fourth-order valence-corrected chi connectivity index (χ4v) is 5.60. The van der Waals surface area contributed by atoms with Gasteiger partial charge in [-0.05, 0) is 13.3 Å². The number of sulfone groups is 2. The van der Waals surface area contributed by atoms with Gasteiger partial charge in [0.05, 0.1) is 0 Å². The maximum atomic E-state index is 11.7. The SMILES string of the molecule is CC(=O)O.CCC(C)(S(=O)(=O)CC)S(=O)(=O)CC. The Hall–Kier alpha value is -0.630. The highest BCUT2D eigenvalue weighted by Gasteiger charge is 2.47. The van der Waals surface area contributed by atoms with E-state index in [0.717, 1.165) is 6.92 Å². The number of rotatable bonds is 5. The number of hydrogen-bond acceptors (Lipinski definition) is 5. The lowest BCUT2D eigenvalue weighted by atomic mass is 10.4. The molecule has 110 valence electrons. The first-order valence-corrected chi connectivity index (χ1v) is 8.86. The van der Waals surface area contributed by atoms with Crippen molar-refractivity contribution in [3.63, 3.8) is 0 Å². The highest BCUT2D eigenvalue weighted by Crippen LogP contribution is 2.29. The maximum absolute atomic E-state index is 11.7. The van der Waals surface area contributed by atoms with E-state index < -0.39 is 29.7 Å². The minimum absolute atomic E-state index is 0.0966. The van der Waals surface area contributed by atoms with E-state index in [1.165, 1.54) is 20.8 Å². The standard InChI is InChI=1S/C8H18O4S2.C2H4O2/c1-5-8(4,13(9,10)6-2)14(11,12)7-3;1-2(3)4/h5-7H2,1-4H3;1H3,(H,3,4). The van der Waals surface area contributed by atoms with Crippen LogP contribution in [-0.2, 0) is 24.5 Å². The molecular formula is C10H22O6S2. The zero-order valence-electron chi connectivity index (χ0n) is 11.4. The van der Waals surface area contributed by atoms with Crippen molar-refractivity contribution in [2.75, 3.05) is 11.5 Å². The summed E-state index contributed by atoms with van der Waals surface area (Å²) in [5.41, 5.74) is 0. The molecule has 18 heavy (non-hydrogen) atoms. The van der Waals surface area contributed by atoms with Crippen LogP contribution in [0, 0.1) is 0 Å². The lowest BCUT2D eigenvalue weighted by Crippen LogP contribution is -2.44. The molecule has 0 aliphatic carbocycles. The Labute approximate surface area is 109 Å². The van der Waals surface area contributed by atoms with Crippen molar-refractivity contribution in [2.24, 2.45) is 0 Å². The van der Waals surface area contributed by atoms with Crippen LogP contribution < -0.4 is 0 Å². The monoisotopic (exact) mass is 302 g/mol. The van der Waals surface area contributed by atoms with Crippen molar-refractivity contribution < 1.29 is 26.7 Å². The topological polar surface area (TPSA) is 106 Å². The smallest absolute Gasteiger partial charge is 0.300 e. The average molecular weight is 302 g/mol. The molecule has 0 aromatic rings. The molecule has 0 aliphatic heterocycles. The Morgan fingerprint density at radius 1 is 1.00 bits per heavy atom. The second kappa shape index (κ2) is 7.08. The van der Waals surface area contributed by atoms with Gasteiger partial charge in [-0.25, -0.2) is 16.8 Å². The van der Waals surface area contributed by atoms with E-state index in [2.05, 4.69) is 0 Å². The van der Waals surface area contributed by atoms with Gasteiger partial charge >= 0.3 is 0 Å². The normalized spacial score (nSPS) is 12.5. The molecule has 0 bridgehead atoms. The number of carboxylic acids is 1. The zero-order chi connectivity index (χ0) is 15.2. The molecule has 0 saturated heterocycles. The highest BCUT2D eigenvalue weighted by atomic mass is 32.3. The first-order valence-electron chi connectivity index (χ1n) is 5.55. The van der Waals surface area contributed by atoms with Gasteiger partial charge < -0.3 is 5.11 Å². The van der Waals surface area contributed by atoms with Gasteiger partial charge in [0.1, 0.15) is 0 Å². The fraction of sp³-hybridized carbons (Fsp3) is 0.900. The quantitative estimate of drug-likeness (QED) is 0.814. The molecule has 0 unspecified atom stereocenters. The molecular weight excluding hydrogens is 280 g/mol. The fourth-order valence-electron chi connectivity index (χ4n) is 1.24. The number of aliphatic carboxylic acids is 1. The van der Waals surface area contributed by atoms with E-state index in [-0.39, 0.29) is 17.9 Å². The molecule has 0 aromatic carbocycles. The highest BCUT2D eigenvalue weighted by molar-refractivity contribution is 8.10. The molecule has 1 N–H and O–H groups in total. The first kappa shape index (κ1) is 19.7. The van der Waals surface area contributed by atoms with E-state index in [9.17, 15) is 16.8 Å². The predicted octanol–water partition coefficient (Wildman–Crippen LogP) is 1.07. The Balaban J connectivity index is 0. The summed E-state index contributed by atoms with van der Waals surface area (Å²) in [6.45, 7) is 6.90. The van der Waals surface area contributed by atoms with Gasteiger partial charge in [-0.3, -0.25) is 4.79 Å². The minimum atomic E-state index is -3.57. The molecule has 0 atom stereocenters. The Morgan fingerprint density at radius 3 is 1.33 bits per heavy atom. The predicted molar refractivity (Wildman–Crippen MR) is 70.9 cm³/mol. The first-order chi connectivity index (χ1) is 7.91. The molecule has 0 spiro atoms. The summed E-state index contributed by atoms with van der Waals surface area (Å²) in [5.74, 6) is -1.12. The van der Waals surface area contributed by atoms with Gasteiger partial charge in [0.15, 0.2) is 23.8 Å². The van der Waals surface area contributed by atoms with Crippen LogP contribution in [0.2, 0.25) is 0 Å². The lowest BCUT2D eigenvalue weighted by molar-refractivity contribution is -0.134. The van der Waals surface area contributed by atoms with E-state index in [1.54, 1.807) is 6.92 Å². The lowest BCUT2D eigenvalue weighted by Gasteiger charge is -2.26. The van der Waals surface area contributed by atoms with Gasteiger partial charge in [-0.15, -0.1) is 0 Å². The van der Waals surface area contributed by atoms with Crippen LogP contribution in [0.25, 0.3) is 0 Å². The van der Waals surface area contributed by atoms with Crippen LogP contribution >= 0.6 is 0 Å². The van der Waals surface area contributed by atoms with Crippen LogP contribution in [0.5, 0.6) is 0 Å². The molecule has 0 heterocycles. The van der Waals surface area contributed by atoms with Crippen LogP contribution in [0.3, 0.4) is 0 Å². The molecule has 8 heteroatoms. The minimum Gasteiger partial charge on any atom is -0.481 e. The maximum Gasteiger partial charge on any atom is 0.300 e. The number of carbonyl (C=O) groups is 1. The van der Waals surface area contributed by atoms with Crippen molar-refractivity contribution in [1.29, 1.82) is 0 Å². The third-order valence-electron chi connectivity index (χ3n) is 2.72. The van der Waals surface area contributed by atoms with Crippen molar-refractivity contribution in [2.45, 2.75) is 45.1 Å². The van der Waals surface area contributed by atoms with Crippen LogP contribution in [0.4, 0.5) is 0 Å². The van der Waals surface area contributed by atoms with Crippen LogP contribution in [-0.4, -0.2) is 43.5 Å². The summed E-state index contributed by atoms with van der Waals surface area (Å²) in [5, 5.41) is 7.42. The van der Waals surface area contributed by atoms with Crippen LogP contribution in [0.15, 0.2) is 0 Å².